The van der Waals surface area contributed by atoms with Gasteiger partial charge in [0.2, 0.25) is 0 Å². The quantitative estimate of drug-likeness (QED) is 0.912. The van der Waals surface area contributed by atoms with Crippen LogP contribution in [-0.4, -0.2) is 9.78 Å². The van der Waals surface area contributed by atoms with Gasteiger partial charge in [0, 0.05) is 12.1 Å². The Hall–Kier alpha value is -1.70. The molecular formula is C13H12Cl2N4. The van der Waals surface area contributed by atoms with Gasteiger partial charge in [-0.15, -0.1) is 0 Å². The zero-order valence-corrected chi connectivity index (χ0v) is 12.3. The van der Waals surface area contributed by atoms with Crippen molar-refractivity contribution in [3.63, 3.8) is 0 Å². The van der Waals surface area contributed by atoms with Gasteiger partial charge in [-0.1, -0.05) is 23.2 Å². The van der Waals surface area contributed by atoms with E-state index < -0.39 is 0 Å². The van der Waals surface area contributed by atoms with Crippen LogP contribution in [0.3, 0.4) is 0 Å². The first-order valence-electron chi connectivity index (χ1n) is 5.60. The number of aryl methyl sites for hydroxylation is 3. The summed E-state index contributed by atoms with van der Waals surface area (Å²) < 4.78 is 1.61. The van der Waals surface area contributed by atoms with Crippen LogP contribution >= 0.6 is 23.2 Å². The monoisotopic (exact) mass is 294 g/mol. The summed E-state index contributed by atoms with van der Waals surface area (Å²) >= 11 is 12.3. The first-order valence-corrected chi connectivity index (χ1v) is 6.36. The van der Waals surface area contributed by atoms with Crippen molar-refractivity contribution in [2.75, 3.05) is 5.32 Å². The van der Waals surface area contributed by atoms with E-state index in [4.69, 9.17) is 28.5 Å². The van der Waals surface area contributed by atoms with Crippen molar-refractivity contribution in [1.82, 2.24) is 9.78 Å². The molecule has 0 radical (unpaired) electrons. The molecule has 0 amide bonds. The fraction of sp³-hybridized carbons (Fsp3) is 0.231. The summed E-state index contributed by atoms with van der Waals surface area (Å²) in [7, 11) is 1.76. The SMILES string of the molecule is Cc1cc(Cl)c(Nc2c(C#N)c(C)nn2C)cc1Cl. The maximum atomic E-state index is 9.16. The molecule has 0 unspecified atom stereocenters. The van der Waals surface area contributed by atoms with E-state index in [0.29, 0.717) is 32.8 Å². The molecule has 0 bridgehead atoms. The van der Waals surface area contributed by atoms with Gasteiger partial charge < -0.3 is 5.32 Å². The number of hydrogen-bond donors (Lipinski definition) is 1. The summed E-state index contributed by atoms with van der Waals surface area (Å²) in [6, 6.07) is 5.65. The van der Waals surface area contributed by atoms with Crippen molar-refractivity contribution in [2.24, 2.45) is 7.05 Å². The van der Waals surface area contributed by atoms with Gasteiger partial charge in [-0.3, -0.25) is 4.68 Å². The molecule has 2 aromatic rings. The summed E-state index contributed by atoms with van der Waals surface area (Å²) in [5.74, 6) is 0.599. The number of nitrogens with one attached hydrogen (secondary N) is 1. The average molecular weight is 295 g/mol. The molecule has 0 aliphatic rings. The molecule has 98 valence electrons. The largest absolute Gasteiger partial charge is 0.338 e. The van der Waals surface area contributed by atoms with Crippen LogP contribution in [0.25, 0.3) is 0 Å². The molecule has 2 rings (SSSR count). The summed E-state index contributed by atoms with van der Waals surface area (Å²) in [5.41, 5.74) is 2.72. The van der Waals surface area contributed by atoms with Crippen molar-refractivity contribution in [3.8, 4) is 6.07 Å². The van der Waals surface area contributed by atoms with Crippen LogP contribution in [0, 0.1) is 25.2 Å². The van der Waals surface area contributed by atoms with E-state index in [9.17, 15) is 0 Å². The van der Waals surface area contributed by atoms with Crippen molar-refractivity contribution >= 4 is 34.7 Å². The first-order chi connectivity index (χ1) is 8.93. The minimum Gasteiger partial charge on any atom is -0.338 e. The molecule has 0 fully saturated rings. The number of anilines is 2. The standard InChI is InChI=1S/C13H12Cl2N4/c1-7-4-11(15)12(5-10(7)14)17-13-9(6-16)8(2)18-19(13)3/h4-5,17H,1-3H3. The van der Waals surface area contributed by atoms with Gasteiger partial charge in [-0.25, -0.2) is 0 Å². The summed E-state index contributed by atoms with van der Waals surface area (Å²) in [6.07, 6.45) is 0. The number of aromatic nitrogens is 2. The van der Waals surface area contributed by atoms with E-state index in [1.54, 1.807) is 30.8 Å². The Kier molecular flexibility index (Phi) is 3.70. The van der Waals surface area contributed by atoms with E-state index in [1.807, 2.05) is 6.92 Å². The molecule has 1 aromatic heterocycles. The highest BCUT2D eigenvalue weighted by Gasteiger charge is 2.14. The van der Waals surface area contributed by atoms with E-state index in [2.05, 4.69) is 16.5 Å². The van der Waals surface area contributed by atoms with Crippen LogP contribution in [0.1, 0.15) is 16.8 Å². The second-order valence-corrected chi connectivity index (χ2v) is 5.07. The minimum absolute atomic E-state index is 0.496. The highest BCUT2D eigenvalue weighted by atomic mass is 35.5. The van der Waals surface area contributed by atoms with Gasteiger partial charge in [0.25, 0.3) is 0 Å². The molecule has 0 atom stereocenters. The molecule has 0 saturated carbocycles. The fourth-order valence-corrected chi connectivity index (χ4v) is 2.23. The predicted molar refractivity (Wildman–Crippen MR) is 77.1 cm³/mol. The molecule has 1 aromatic carbocycles. The van der Waals surface area contributed by atoms with Gasteiger partial charge in [0.15, 0.2) is 0 Å². The van der Waals surface area contributed by atoms with Crippen molar-refractivity contribution in [3.05, 3.63) is 39.0 Å². The Morgan fingerprint density at radius 3 is 2.58 bits per heavy atom. The third-order valence-electron chi connectivity index (χ3n) is 2.84. The molecule has 19 heavy (non-hydrogen) atoms. The normalized spacial score (nSPS) is 10.3. The fourth-order valence-electron chi connectivity index (χ4n) is 1.81. The summed E-state index contributed by atoms with van der Waals surface area (Å²) in [5, 5.41) is 17.6. The number of benzene rings is 1. The van der Waals surface area contributed by atoms with Crippen molar-refractivity contribution in [2.45, 2.75) is 13.8 Å². The molecule has 0 aliphatic carbocycles. The van der Waals surface area contributed by atoms with E-state index in [-0.39, 0.29) is 0 Å². The van der Waals surface area contributed by atoms with Crippen molar-refractivity contribution in [1.29, 1.82) is 5.26 Å². The minimum atomic E-state index is 0.496. The van der Waals surface area contributed by atoms with E-state index in [0.717, 1.165) is 5.56 Å². The van der Waals surface area contributed by atoms with Crippen LogP contribution in [0.5, 0.6) is 0 Å². The Bertz CT molecular complexity index is 683. The predicted octanol–water partition coefficient (Wildman–Crippen LogP) is 3.96. The van der Waals surface area contributed by atoms with Gasteiger partial charge in [0.1, 0.15) is 17.5 Å². The Morgan fingerprint density at radius 1 is 1.26 bits per heavy atom. The third kappa shape index (κ3) is 2.53. The number of nitriles is 1. The lowest BCUT2D eigenvalue weighted by atomic mass is 10.2. The molecule has 4 nitrogen and oxygen atoms in total. The zero-order valence-electron chi connectivity index (χ0n) is 10.8. The van der Waals surface area contributed by atoms with Crippen LogP contribution in [-0.2, 0) is 7.05 Å². The van der Waals surface area contributed by atoms with Crippen LogP contribution in [0.15, 0.2) is 12.1 Å². The Balaban J connectivity index is 2.48. The number of nitrogens with zero attached hydrogens (tertiary/aromatic N) is 3. The number of hydrogen-bond acceptors (Lipinski definition) is 3. The molecule has 1 N–H and O–H groups in total. The zero-order chi connectivity index (χ0) is 14.2. The van der Waals surface area contributed by atoms with Crippen LogP contribution in [0.4, 0.5) is 11.5 Å². The van der Waals surface area contributed by atoms with Gasteiger partial charge in [-0.05, 0) is 31.5 Å². The molecule has 6 heteroatoms. The molecule has 0 saturated heterocycles. The lowest BCUT2D eigenvalue weighted by molar-refractivity contribution is 0.765. The molecular weight excluding hydrogens is 283 g/mol. The molecule has 0 aliphatic heterocycles. The molecule has 0 spiro atoms. The lowest BCUT2D eigenvalue weighted by Gasteiger charge is -2.10. The third-order valence-corrected chi connectivity index (χ3v) is 3.56. The van der Waals surface area contributed by atoms with Crippen molar-refractivity contribution < 1.29 is 0 Å². The summed E-state index contributed by atoms with van der Waals surface area (Å²) in [4.78, 5) is 0. The smallest absolute Gasteiger partial charge is 0.146 e. The first kappa shape index (κ1) is 13.7. The van der Waals surface area contributed by atoms with Gasteiger partial charge >= 0.3 is 0 Å². The lowest BCUT2D eigenvalue weighted by Crippen LogP contribution is -2.01. The van der Waals surface area contributed by atoms with Gasteiger partial charge in [0.05, 0.1) is 16.4 Å². The second-order valence-electron chi connectivity index (χ2n) is 4.25. The maximum absolute atomic E-state index is 9.16. The molecule has 1 heterocycles. The van der Waals surface area contributed by atoms with Gasteiger partial charge in [-0.2, -0.15) is 10.4 Å². The van der Waals surface area contributed by atoms with Crippen LogP contribution < -0.4 is 5.32 Å². The highest BCUT2D eigenvalue weighted by Crippen LogP contribution is 2.32. The highest BCUT2D eigenvalue weighted by molar-refractivity contribution is 6.35. The van der Waals surface area contributed by atoms with E-state index >= 15 is 0 Å². The number of rotatable bonds is 2. The Morgan fingerprint density at radius 2 is 1.95 bits per heavy atom. The average Bonchev–Trinajstić information content (AvgIpc) is 2.60. The Labute approximate surface area is 121 Å². The number of halogens is 2. The van der Waals surface area contributed by atoms with E-state index in [1.165, 1.54) is 0 Å². The second kappa shape index (κ2) is 5.12. The summed E-state index contributed by atoms with van der Waals surface area (Å²) in [6.45, 7) is 3.67. The van der Waals surface area contributed by atoms with Crippen LogP contribution in [0.2, 0.25) is 10.0 Å². The topological polar surface area (TPSA) is 53.6 Å². The maximum Gasteiger partial charge on any atom is 0.146 e.